The predicted octanol–water partition coefficient (Wildman–Crippen LogP) is 0.581. The van der Waals surface area contributed by atoms with Crippen LogP contribution in [0, 0.1) is 5.21 Å². The third kappa shape index (κ3) is 1.38. The van der Waals surface area contributed by atoms with Crippen molar-refractivity contribution < 1.29 is 10.0 Å². The van der Waals surface area contributed by atoms with E-state index in [-0.39, 0.29) is 12.6 Å². The highest BCUT2D eigenvalue weighted by Gasteiger charge is 2.24. The van der Waals surface area contributed by atoms with Crippen molar-refractivity contribution in [2.75, 3.05) is 6.61 Å². The standard InChI is InChI=1S/C7H13N2O3/c1-5(2)8-7(4-10)6(3)9(11)12-8/h5,10H,4H2,1-3H3/q-1. The van der Waals surface area contributed by atoms with Gasteiger partial charge in [0.2, 0.25) is 0 Å². The van der Waals surface area contributed by atoms with Gasteiger partial charge in [-0.25, -0.2) is 5.06 Å². The highest BCUT2D eigenvalue weighted by atomic mass is 17.0. The maximum Gasteiger partial charge on any atom is 0.0895 e. The van der Waals surface area contributed by atoms with Crippen LogP contribution in [-0.4, -0.2) is 28.0 Å². The van der Waals surface area contributed by atoms with Gasteiger partial charge in [0.1, 0.15) is 0 Å². The van der Waals surface area contributed by atoms with Crippen molar-refractivity contribution in [1.82, 2.24) is 10.3 Å². The molecule has 0 unspecified atom stereocenters. The molecule has 0 amide bonds. The lowest BCUT2D eigenvalue weighted by molar-refractivity contribution is -0.258. The van der Waals surface area contributed by atoms with Gasteiger partial charge in [-0.15, -0.1) is 0 Å². The molecule has 1 rings (SSSR count). The van der Waals surface area contributed by atoms with Crippen molar-refractivity contribution in [1.29, 1.82) is 0 Å². The normalized spacial score (nSPS) is 18.5. The lowest BCUT2D eigenvalue weighted by atomic mass is 10.3. The number of hydroxylamine groups is 4. The van der Waals surface area contributed by atoms with Crippen LogP contribution in [0.1, 0.15) is 20.8 Å². The second-order valence-corrected chi connectivity index (χ2v) is 2.95. The van der Waals surface area contributed by atoms with Gasteiger partial charge >= 0.3 is 0 Å². The number of hydrogen-bond donors (Lipinski definition) is 1. The molecule has 0 aromatic rings. The SMILES string of the molecule is CC1=C(CO)N(C(C)C)ON1[O-]. The molecule has 1 N–H and O–H groups in total. The molecule has 1 aliphatic rings. The van der Waals surface area contributed by atoms with E-state index in [2.05, 4.69) is 0 Å². The Hall–Kier alpha value is -0.780. The molecule has 0 aromatic heterocycles. The fourth-order valence-electron chi connectivity index (χ4n) is 1.05. The van der Waals surface area contributed by atoms with Crippen LogP contribution in [-0.2, 0) is 4.94 Å². The third-order valence-corrected chi connectivity index (χ3v) is 1.74. The first-order valence-corrected chi connectivity index (χ1v) is 3.83. The van der Waals surface area contributed by atoms with E-state index >= 15 is 0 Å². The van der Waals surface area contributed by atoms with Gasteiger partial charge in [-0.05, 0) is 20.8 Å². The zero-order valence-corrected chi connectivity index (χ0v) is 7.44. The quantitative estimate of drug-likeness (QED) is 0.662. The van der Waals surface area contributed by atoms with E-state index in [0.717, 1.165) is 0 Å². The molecule has 0 fully saturated rings. The van der Waals surface area contributed by atoms with Gasteiger partial charge in [-0.2, -0.15) is 4.94 Å². The lowest BCUT2D eigenvalue weighted by Gasteiger charge is -2.27. The molecule has 5 nitrogen and oxygen atoms in total. The van der Waals surface area contributed by atoms with Crippen LogP contribution in [0.2, 0.25) is 0 Å². The van der Waals surface area contributed by atoms with E-state index in [4.69, 9.17) is 10.0 Å². The number of aliphatic hydroxyl groups is 1. The van der Waals surface area contributed by atoms with Crippen LogP contribution < -0.4 is 0 Å². The summed E-state index contributed by atoms with van der Waals surface area (Å²) in [6.07, 6.45) is 0. The molecule has 0 saturated carbocycles. The second kappa shape index (κ2) is 3.30. The Morgan fingerprint density at radius 2 is 2.17 bits per heavy atom. The van der Waals surface area contributed by atoms with E-state index in [1.54, 1.807) is 6.92 Å². The summed E-state index contributed by atoms with van der Waals surface area (Å²) in [7, 11) is 0. The highest BCUT2D eigenvalue weighted by molar-refractivity contribution is 5.11. The molecule has 0 aliphatic carbocycles. The Morgan fingerprint density at radius 1 is 1.58 bits per heavy atom. The molecular formula is C7H13N2O3-. The first kappa shape index (κ1) is 9.31. The van der Waals surface area contributed by atoms with Crippen molar-refractivity contribution in [3.05, 3.63) is 16.6 Å². The zero-order chi connectivity index (χ0) is 9.30. The first-order chi connectivity index (χ1) is 5.57. The average Bonchev–Trinajstić information content (AvgIpc) is 2.29. The number of aliphatic hydroxyl groups excluding tert-OH is 1. The summed E-state index contributed by atoms with van der Waals surface area (Å²) >= 11 is 0. The van der Waals surface area contributed by atoms with Crippen LogP contribution in [0.25, 0.3) is 0 Å². The molecule has 12 heavy (non-hydrogen) atoms. The fourth-order valence-corrected chi connectivity index (χ4v) is 1.05. The van der Waals surface area contributed by atoms with E-state index in [0.29, 0.717) is 16.6 Å². The molecule has 0 spiro atoms. The third-order valence-electron chi connectivity index (χ3n) is 1.74. The molecule has 0 saturated heterocycles. The molecule has 0 radical (unpaired) electrons. The zero-order valence-electron chi connectivity index (χ0n) is 7.44. The maximum absolute atomic E-state index is 10.9. The average molecular weight is 173 g/mol. The lowest BCUT2D eigenvalue weighted by Crippen LogP contribution is -2.29. The van der Waals surface area contributed by atoms with Crippen LogP contribution in [0.4, 0.5) is 0 Å². The fraction of sp³-hybridized carbons (Fsp3) is 0.714. The molecule has 5 heteroatoms. The van der Waals surface area contributed by atoms with Gasteiger partial charge in [0.25, 0.3) is 0 Å². The predicted molar refractivity (Wildman–Crippen MR) is 43.1 cm³/mol. The van der Waals surface area contributed by atoms with Crippen LogP contribution in [0.5, 0.6) is 0 Å². The summed E-state index contributed by atoms with van der Waals surface area (Å²) < 4.78 is 0. The summed E-state index contributed by atoms with van der Waals surface area (Å²) in [6.45, 7) is 5.19. The molecule has 1 heterocycles. The topological polar surface area (TPSA) is 59.0 Å². The van der Waals surface area contributed by atoms with Crippen LogP contribution in [0.3, 0.4) is 0 Å². The van der Waals surface area contributed by atoms with E-state index in [9.17, 15) is 5.21 Å². The minimum Gasteiger partial charge on any atom is -0.732 e. The molecule has 1 aliphatic heterocycles. The molecule has 70 valence electrons. The van der Waals surface area contributed by atoms with Gasteiger partial charge in [-0.3, -0.25) is 5.23 Å². The molecular weight excluding hydrogens is 160 g/mol. The molecule has 0 atom stereocenters. The van der Waals surface area contributed by atoms with Gasteiger partial charge < -0.3 is 10.3 Å². The van der Waals surface area contributed by atoms with Gasteiger partial charge in [0, 0.05) is 0 Å². The van der Waals surface area contributed by atoms with E-state index in [1.807, 2.05) is 13.8 Å². The minimum atomic E-state index is -0.178. The Bertz CT molecular complexity index is 203. The first-order valence-electron chi connectivity index (χ1n) is 3.83. The number of nitrogens with zero attached hydrogens (tertiary/aromatic N) is 2. The van der Waals surface area contributed by atoms with Crippen LogP contribution in [0.15, 0.2) is 11.4 Å². The van der Waals surface area contributed by atoms with Crippen molar-refractivity contribution in [2.24, 2.45) is 0 Å². The van der Waals surface area contributed by atoms with Gasteiger partial charge in [0.15, 0.2) is 0 Å². The van der Waals surface area contributed by atoms with Crippen molar-refractivity contribution in [3.63, 3.8) is 0 Å². The van der Waals surface area contributed by atoms with Crippen LogP contribution >= 0.6 is 0 Å². The molecule has 0 aromatic carbocycles. The number of allylic oxidation sites excluding steroid dienone is 1. The summed E-state index contributed by atoms with van der Waals surface area (Å²) in [5.74, 6) is 0. The van der Waals surface area contributed by atoms with Crippen molar-refractivity contribution in [2.45, 2.75) is 26.8 Å². The summed E-state index contributed by atoms with van der Waals surface area (Å²) in [5.41, 5.74) is 0.936. The van der Waals surface area contributed by atoms with E-state index in [1.165, 1.54) is 5.06 Å². The summed E-state index contributed by atoms with van der Waals surface area (Å²) in [5, 5.41) is 21.7. The summed E-state index contributed by atoms with van der Waals surface area (Å²) in [4.78, 5) is 4.82. The maximum atomic E-state index is 10.9. The van der Waals surface area contributed by atoms with Crippen molar-refractivity contribution in [3.8, 4) is 0 Å². The smallest absolute Gasteiger partial charge is 0.0895 e. The summed E-state index contributed by atoms with van der Waals surface area (Å²) in [6, 6.07) is 0.0426. The van der Waals surface area contributed by atoms with Gasteiger partial charge in [-0.1, -0.05) is 0 Å². The Balaban J connectivity index is 2.83. The number of rotatable bonds is 2. The Morgan fingerprint density at radius 3 is 2.50 bits per heavy atom. The minimum absolute atomic E-state index is 0.0426. The largest absolute Gasteiger partial charge is 0.732 e. The van der Waals surface area contributed by atoms with Gasteiger partial charge in [0.05, 0.1) is 24.0 Å². The molecule has 0 bridgehead atoms. The second-order valence-electron chi connectivity index (χ2n) is 2.95. The highest BCUT2D eigenvalue weighted by Crippen LogP contribution is 2.25. The van der Waals surface area contributed by atoms with Crippen molar-refractivity contribution >= 4 is 0 Å². The van der Waals surface area contributed by atoms with E-state index < -0.39 is 0 Å². The monoisotopic (exact) mass is 173 g/mol. The Labute approximate surface area is 71.3 Å². The number of hydrogen-bond acceptors (Lipinski definition) is 5. The Kier molecular flexibility index (Phi) is 2.56.